The number of ether oxygens (including phenoxy) is 1. The van der Waals surface area contributed by atoms with Crippen molar-refractivity contribution in [1.82, 2.24) is 0 Å². The van der Waals surface area contributed by atoms with Crippen molar-refractivity contribution in [2.45, 2.75) is 57.5 Å². The summed E-state index contributed by atoms with van der Waals surface area (Å²) in [5, 5.41) is 0. The van der Waals surface area contributed by atoms with Gasteiger partial charge in [0.05, 0.1) is 6.10 Å². The summed E-state index contributed by atoms with van der Waals surface area (Å²) in [4.78, 5) is 0. The van der Waals surface area contributed by atoms with Crippen molar-refractivity contribution in [3.63, 3.8) is 0 Å². The van der Waals surface area contributed by atoms with E-state index in [2.05, 4.69) is 6.92 Å². The molecule has 1 aromatic carbocycles. The molecule has 0 bridgehead atoms. The number of hydrogen-bond donors (Lipinski definition) is 0. The number of unbranched alkanes of at least 4 members (excludes halogenated alkanes) is 1. The molecule has 0 radical (unpaired) electrons. The first-order chi connectivity index (χ1) is 9.20. The standard InChI is InChI=1S/C16H22F2O/c1-2-3-10-19-14-7-4-12(5-8-14)13-6-9-15(17)16(18)11-13/h6,9,11-12,14H,2-5,7-8,10H2,1H3. The second-order valence-electron chi connectivity index (χ2n) is 5.37. The molecule has 19 heavy (non-hydrogen) atoms. The predicted octanol–water partition coefficient (Wildman–Crippen LogP) is 4.81. The topological polar surface area (TPSA) is 9.23 Å². The van der Waals surface area contributed by atoms with Crippen molar-refractivity contribution < 1.29 is 13.5 Å². The van der Waals surface area contributed by atoms with Gasteiger partial charge in [0.15, 0.2) is 11.6 Å². The maximum absolute atomic E-state index is 13.2. The fourth-order valence-corrected chi connectivity index (χ4v) is 2.72. The van der Waals surface area contributed by atoms with Crippen LogP contribution >= 0.6 is 0 Å². The van der Waals surface area contributed by atoms with E-state index in [1.807, 2.05) is 0 Å². The lowest BCUT2D eigenvalue weighted by Crippen LogP contribution is -2.21. The van der Waals surface area contributed by atoms with E-state index in [1.54, 1.807) is 6.07 Å². The molecule has 1 aliphatic rings. The molecular formula is C16H22F2O. The Kier molecular flexibility index (Phi) is 5.32. The molecule has 1 aromatic rings. The minimum absolute atomic E-state index is 0.348. The van der Waals surface area contributed by atoms with Crippen LogP contribution in [-0.4, -0.2) is 12.7 Å². The summed E-state index contributed by atoms with van der Waals surface area (Å²) in [6.07, 6.45) is 6.67. The van der Waals surface area contributed by atoms with Gasteiger partial charge in [-0.15, -0.1) is 0 Å². The average Bonchev–Trinajstić information content (AvgIpc) is 2.43. The van der Waals surface area contributed by atoms with Gasteiger partial charge in [0.25, 0.3) is 0 Å². The van der Waals surface area contributed by atoms with Crippen LogP contribution in [0.4, 0.5) is 8.78 Å². The van der Waals surface area contributed by atoms with Gasteiger partial charge in [-0.2, -0.15) is 0 Å². The highest BCUT2D eigenvalue weighted by Gasteiger charge is 2.23. The van der Waals surface area contributed by atoms with Crippen molar-refractivity contribution in [1.29, 1.82) is 0 Å². The molecule has 1 nitrogen and oxygen atoms in total. The Morgan fingerprint density at radius 3 is 2.47 bits per heavy atom. The molecule has 1 aliphatic carbocycles. The average molecular weight is 268 g/mol. The molecule has 0 atom stereocenters. The Morgan fingerprint density at radius 1 is 1.11 bits per heavy atom. The molecule has 2 rings (SSSR count). The molecule has 3 heteroatoms. The molecule has 0 N–H and O–H groups in total. The van der Waals surface area contributed by atoms with Gasteiger partial charge in [0.1, 0.15) is 0 Å². The smallest absolute Gasteiger partial charge is 0.159 e. The summed E-state index contributed by atoms with van der Waals surface area (Å²) in [7, 11) is 0. The Hall–Kier alpha value is -0.960. The van der Waals surface area contributed by atoms with Crippen LogP contribution in [0.5, 0.6) is 0 Å². The molecule has 0 amide bonds. The van der Waals surface area contributed by atoms with Gasteiger partial charge in [0, 0.05) is 6.61 Å². The molecule has 1 saturated carbocycles. The van der Waals surface area contributed by atoms with E-state index in [0.717, 1.165) is 50.7 Å². The van der Waals surface area contributed by atoms with Gasteiger partial charge in [-0.25, -0.2) is 8.78 Å². The largest absolute Gasteiger partial charge is 0.378 e. The minimum atomic E-state index is -0.764. The summed E-state index contributed by atoms with van der Waals surface area (Å²) < 4.78 is 31.9. The second-order valence-corrected chi connectivity index (χ2v) is 5.37. The maximum atomic E-state index is 13.2. The van der Waals surface area contributed by atoms with Crippen LogP contribution < -0.4 is 0 Å². The lowest BCUT2D eigenvalue weighted by Gasteiger charge is -2.29. The molecule has 0 unspecified atom stereocenters. The minimum Gasteiger partial charge on any atom is -0.378 e. The van der Waals surface area contributed by atoms with Crippen LogP contribution in [0.1, 0.15) is 56.9 Å². The zero-order valence-electron chi connectivity index (χ0n) is 11.5. The molecule has 106 valence electrons. The number of benzene rings is 1. The van der Waals surface area contributed by atoms with E-state index >= 15 is 0 Å². The third-order valence-electron chi connectivity index (χ3n) is 3.94. The van der Waals surface area contributed by atoms with E-state index in [1.165, 1.54) is 12.1 Å². The Bertz CT molecular complexity index is 398. The van der Waals surface area contributed by atoms with Gasteiger partial charge in [-0.3, -0.25) is 0 Å². The molecule has 0 heterocycles. The highest BCUT2D eigenvalue weighted by Crippen LogP contribution is 2.34. The second kappa shape index (κ2) is 6.99. The van der Waals surface area contributed by atoms with Gasteiger partial charge >= 0.3 is 0 Å². The predicted molar refractivity (Wildman–Crippen MR) is 72.2 cm³/mol. The van der Waals surface area contributed by atoms with Gasteiger partial charge in [0.2, 0.25) is 0 Å². The fourth-order valence-electron chi connectivity index (χ4n) is 2.72. The van der Waals surface area contributed by atoms with E-state index in [9.17, 15) is 8.78 Å². The van der Waals surface area contributed by atoms with E-state index < -0.39 is 11.6 Å². The quantitative estimate of drug-likeness (QED) is 0.696. The van der Waals surface area contributed by atoms with Crippen molar-refractivity contribution in [2.75, 3.05) is 6.61 Å². The van der Waals surface area contributed by atoms with Crippen molar-refractivity contribution in [2.24, 2.45) is 0 Å². The molecule has 1 fully saturated rings. The Labute approximate surface area is 114 Å². The van der Waals surface area contributed by atoms with Crippen LogP contribution in [0.2, 0.25) is 0 Å². The monoisotopic (exact) mass is 268 g/mol. The van der Waals surface area contributed by atoms with Crippen LogP contribution in [0.3, 0.4) is 0 Å². The number of halogens is 2. The van der Waals surface area contributed by atoms with Crippen molar-refractivity contribution in [3.8, 4) is 0 Å². The molecule has 0 aromatic heterocycles. The fraction of sp³-hybridized carbons (Fsp3) is 0.625. The highest BCUT2D eigenvalue weighted by atomic mass is 19.2. The summed E-state index contributed by atoms with van der Waals surface area (Å²) in [6.45, 7) is 3.00. The van der Waals surface area contributed by atoms with Crippen molar-refractivity contribution in [3.05, 3.63) is 35.4 Å². The first-order valence-corrected chi connectivity index (χ1v) is 7.27. The van der Waals surface area contributed by atoms with E-state index in [4.69, 9.17) is 4.74 Å². The highest BCUT2D eigenvalue weighted by molar-refractivity contribution is 5.22. The first kappa shape index (κ1) is 14.4. The lowest BCUT2D eigenvalue weighted by molar-refractivity contribution is 0.0232. The van der Waals surface area contributed by atoms with Crippen LogP contribution in [0.15, 0.2) is 18.2 Å². The summed E-state index contributed by atoms with van der Waals surface area (Å²) in [5.74, 6) is -1.15. The number of hydrogen-bond acceptors (Lipinski definition) is 1. The summed E-state index contributed by atoms with van der Waals surface area (Å²) >= 11 is 0. The zero-order valence-corrected chi connectivity index (χ0v) is 11.5. The van der Waals surface area contributed by atoms with Crippen molar-refractivity contribution >= 4 is 0 Å². The SMILES string of the molecule is CCCCOC1CCC(c2ccc(F)c(F)c2)CC1. The van der Waals surface area contributed by atoms with E-state index in [-0.39, 0.29) is 0 Å². The summed E-state index contributed by atoms with van der Waals surface area (Å²) in [6, 6.07) is 4.29. The molecule has 0 spiro atoms. The van der Waals surface area contributed by atoms with Crippen LogP contribution in [0, 0.1) is 11.6 Å². The Morgan fingerprint density at radius 2 is 1.84 bits per heavy atom. The zero-order chi connectivity index (χ0) is 13.7. The normalized spacial score (nSPS) is 23.5. The third kappa shape index (κ3) is 4.00. The van der Waals surface area contributed by atoms with Crippen LogP contribution in [-0.2, 0) is 4.74 Å². The number of rotatable bonds is 5. The third-order valence-corrected chi connectivity index (χ3v) is 3.94. The molecule has 0 saturated heterocycles. The maximum Gasteiger partial charge on any atom is 0.159 e. The molecule has 0 aliphatic heterocycles. The lowest BCUT2D eigenvalue weighted by atomic mass is 9.82. The van der Waals surface area contributed by atoms with Gasteiger partial charge in [-0.05, 0) is 55.7 Å². The van der Waals surface area contributed by atoms with Gasteiger partial charge in [-0.1, -0.05) is 19.4 Å². The van der Waals surface area contributed by atoms with E-state index in [0.29, 0.717) is 12.0 Å². The summed E-state index contributed by atoms with van der Waals surface area (Å²) in [5.41, 5.74) is 0.922. The first-order valence-electron chi connectivity index (χ1n) is 7.27. The van der Waals surface area contributed by atoms with Gasteiger partial charge < -0.3 is 4.74 Å². The van der Waals surface area contributed by atoms with Crippen LogP contribution in [0.25, 0.3) is 0 Å². The Balaban J connectivity index is 1.84. The molecular weight excluding hydrogens is 246 g/mol.